The van der Waals surface area contributed by atoms with Gasteiger partial charge in [-0.15, -0.1) is 0 Å². The molecule has 0 saturated heterocycles. The molecule has 2 aromatic carbocycles. The summed E-state index contributed by atoms with van der Waals surface area (Å²) in [5.74, 6) is -0.774. The highest BCUT2D eigenvalue weighted by Gasteiger charge is 2.38. The van der Waals surface area contributed by atoms with Gasteiger partial charge in [-0.1, -0.05) is 58.0 Å². The fourth-order valence-electron chi connectivity index (χ4n) is 4.34. The lowest BCUT2D eigenvalue weighted by Crippen LogP contribution is -2.35. The molecule has 0 saturated carbocycles. The molecule has 0 aliphatic heterocycles. The number of amides is 1. The van der Waals surface area contributed by atoms with Gasteiger partial charge in [-0.2, -0.15) is 0 Å². The number of carbonyl (C=O) groups excluding carboxylic acids is 1. The third-order valence-corrected chi connectivity index (χ3v) is 6.51. The maximum atomic E-state index is 13.3. The zero-order valence-electron chi connectivity index (χ0n) is 18.4. The predicted octanol–water partition coefficient (Wildman–Crippen LogP) is 5.52. The van der Waals surface area contributed by atoms with E-state index in [1.807, 2.05) is 0 Å². The maximum absolute atomic E-state index is 13.3. The molecule has 1 atom stereocenters. The molecule has 0 aromatic heterocycles. The summed E-state index contributed by atoms with van der Waals surface area (Å²) in [5, 5.41) is 1.28. The Morgan fingerprint density at radius 1 is 1.03 bits per heavy atom. The summed E-state index contributed by atoms with van der Waals surface area (Å²) in [6.07, 6.45) is 2.76. The molecule has 0 spiro atoms. The van der Waals surface area contributed by atoms with Crippen LogP contribution in [0.1, 0.15) is 68.7 Å². The average molecular weight is 398 g/mol. The van der Waals surface area contributed by atoms with Gasteiger partial charge in [-0.25, -0.2) is 9.45 Å². The second-order valence-electron chi connectivity index (χ2n) is 9.47. The van der Waals surface area contributed by atoms with Crippen LogP contribution in [0, 0.1) is 5.82 Å². The topological polar surface area (TPSA) is 29.5 Å². The van der Waals surface area contributed by atoms with Crippen LogP contribution in [0.4, 0.5) is 4.39 Å². The Bertz CT molecular complexity index is 886. The molecular formula is C25H32FNO2. The lowest BCUT2D eigenvalue weighted by molar-refractivity contribution is -0.170. The first-order valence-corrected chi connectivity index (χ1v) is 10.3. The molecule has 0 fully saturated rings. The van der Waals surface area contributed by atoms with Crippen LogP contribution in [0.5, 0.6) is 0 Å². The molecule has 4 heteroatoms. The van der Waals surface area contributed by atoms with E-state index in [0.29, 0.717) is 6.42 Å². The zero-order chi connectivity index (χ0) is 21.4. The highest BCUT2D eigenvalue weighted by molar-refractivity contribution is 5.83. The Morgan fingerprint density at radius 2 is 1.62 bits per heavy atom. The number of likely N-dealkylation sites (N-methyl/N-ethyl adjacent to an activating group) is 1. The van der Waals surface area contributed by atoms with Gasteiger partial charge in [0.05, 0.1) is 13.0 Å². The third kappa shape index (κ3) is 4.37. The molecule has 0 bridgehead atoms. The van der Waals surface area contributed by atoms with Crippen molar-refractivity contribution in [1.82, 2.24) is 5.06 Å². The molecule has 1 aliphatic carbocycles. The fraction of sp³-hybridized carbons (Fsp3) is 0.480. The summed E-state index contributed by atoms with van der Waals surface area (Å²) in [6, 6.07) is 12.9. The van der Waals surface area contributed by atoms with Gasteiger partial charge in [0.1, 0.15) is 5.82 Å². The number of hydrogen-bond acceptors (Lipinski definition) is 2. The molecule has 2 aromatic rings. The second kappa shape index (κ2) is 7.91. The highest BCUT2D eigenvalue weighted by Crippen LogP contribution is 2.46. The minimum Gasteiger partial charge on any atom is -0.275 e. The first-order chi connectivity index (χ1) is 13.5. The Kier molecular flexibility index (Phi) is 5.86. The van der Waals surface area contributed by atoms with Gasteiger partial charge in [-0.3, -0.25) is 9.63 Å². The molecular weight excluding hydrogens is 365 g/mol. The van der Waals surface area contributed by atoms with Gasteiger partial charge in [-0.05, 0) is 64.5 Å². The molecule has 3 rings (SSSR count). The highest BCUT2D eigenvalue weighted by atomic mass is 19.1. The van der Waals surface area contributed by atoms with Crippen molar-refractivity contribution >= 4 is 5.91 Å². The Balaban J connectivity index is 2.06. The normalized spacial score (nSPS) is 18.0. The summed E-state index contributed by atoms with van der Waals surface area (Å²) in [4.78, 5) is 18.3. The van der Waals surface area contributed by atoms with Gasteiger partial charge in [0.2, 0.25) is 0 Å². The predicted molar refractivity (Wildman–Crippen MR) is 114 cm³/mol. The van der Waals surface area contributed by atoms with E-state index in [1.54, 1.807) is 19.2 Å². The number of fused-ring (bicyclic) bond motifs is 1. The molecule has 0 radical (unpaired) electrons. The van der Waals surface area contributed by atoms with Crippen LogP contribution in [-0.4, -0.2) is 25.1 Å². The van der Waals surface area contributed by atoms with Crippen molar-refractivity contribution in [3.63, 3.8) is 0 Å². The van der Waals surface area contributed by atoms with E-state index in [4.69, 9.17) is 4.84 Å². The van der Waals surface area contributed by atoms with E-state index < -0.39 is 5.92 Å². The number of halogens is 1. The summed E-state index contributed by atoms with van der Waals surface area (Å²) in [5.41, 5.74) is 4.79. The monoisotopic (exact) mass is 397 g/mol. The Labute approximate surface area is 173 Å². The molecule has 156 valence electrons. The van der Waals surface area contributed by atoms with Crippen molar-refractivity contribution in [2.45, 2.75) is 63.7 Å². The molecule has 0 N–H and O–H groups in total. The van der Waals surface area contributed by atoms with Crippen LogP contribution in [-0.2, 0) is 26.9 Å². The standard InChI is InChI=1S/C25H32FNO2/c1-24(2)13-14-25(3,4)22-16-18(9-12-21(22)24)20(23(28)27(5)29-6)15-17-7-10-19(26)11-8-17/h7-12,16,20H,13-15H2,1-6H3. The second-order valence-corrected chi connectivity index (χ2v) is 9.47. The fourth-order valence-corrected chi connectivity index (χ4v) is 4.34. The molecule has 29 heavy (non-hydrogen) atoms. The third-order valence-electron chi connectivity index (χ3n) is 6.51. The van der Waals surface area contributed by atoms with Crippen molar-refractivity contribution in [3.8, 4) is 0 Å². The molecule has 3 nitrogen and oxygen atoms in total. The number of hydrogen-bond donors (Lipinski definition) is 0. The van der Waals surface area contributed by atoms with Crippen molar-refractivity contribution in [2.75, 3.05) is 14.2 Å². The number of nitrogens with zero attached hydrogens (tertiary/aromatic N) is 1. The van der Waals surface area contributed by atoms with Crippen LogP contribution in [0.3, 0.4) is 0 Å². The zero-order valence-corrected chi connectivity index (χ0v) is 18.4. The van der Waals surface area contributed by atoms with E-state index in [2.05, 4.69) is 45.9 Å². The van der Waals surface area contributed by atoms with Gasteiger partial charge in [0, 0.05) is 7.05 Å². The Morgan fingerprint density at radius 3 is 2.21 bits per heavy atom. The first kappa shape index (κ1) is 21.5. The largest absolute Gasteiger partial charge is 0.275 e. The van der Waals surface area contributed by atoms with E-state index in [0.717, 1.165) is 24.0 Å². The van der Waals surface area contributed by atoms with E-state index >= 15 is 0 Å². The SMILES string of the molecule is CON(C)C(=O)C(Cc1ccc(F)cc1)c1ccc2c(c1)C(C)(C)CCC2(C)C. The van der Waals surface area contributed by atoms with Crippen LogP contribution in [0.15, 0.2) is 42.5 Å². The smallest absolute Gasteiger partial charge is 0.253 e. The average Bonchev–Trinajstić information content (AvgIpc) is 2.69. The first-order valence-electron chi connectivity index (χ1n) is 10.3. The lowest BCUT2D eigenvalue weighted by Gasteiger charge is -2.42. The van der Waals surface area contributed by atoms with E-state index in [-0.39, 0.29) is 22.6 Å². The van der Waals surface area contributed by atoms with Crippen molar-refractivity contribution in [2.24, 2.45) is 0 Å². The number of benzene rings is 2. The van der Waals surface area contributed by atoms with Crippen LogP contribution >= 0.6 is 0 Å². The minimum absolute atomic E-state index is 0.0670. The summed E-state index contributed by atoms with van der Waals surface area (Å²) in [7, 11) is 3.12. The van der Waals surface area contributed by atoms with Gasteiger partial charge >= 0.3 is 0 Å². The van der Waals surface area contributed by atoms with Crippen LogP contribution in [0.25, 0.3) is 0 Å². The molecule has 1 amide bonds. The number of rotatable bonds is 5. The van der Waals surface area contributed by atoms with Gasteiger partial charge in [0.15, 0.2) is 0 Å². The number of carbonyl (C=O) groups is 1. The quantitative estimate of drug-likeness (QED) is 0.622. The number of hydroxylamine groups is 2. The summed E-state index contributed by atoms with van der Waals surface area (Å²) < 4.78 is 13.3. The van der Waals surface area contributed by atoms with E-state index in [9.17, 15) is 9.18 Å². The van der Waals surface area contributed by atoms with Crippen molar-refractivity contribution < 1.29 is 14.0 Å². The van der Waals surface area contributed by atoms with Crippen LogP contribution < -0.4 is 0 Å². The van der Waals surface area contributed by atoms with Gasteiger partial charge < -0.3 is 0 Å². The minimum atomic E-state index is -0.392. The van der Waals surface area contributed by atoms with Crippen LogP contribution in [0.2, 0.25) is 0 Å². The van der Waals surface area contributed by atoms with Crippen molar-refractivity contribution in [1.29, 1.82) is 0 Å². The summed E-state index contributed by atoms with van der Waals surface area (Å²) in [6.45, 7) is 9.15. The van der Waals surface area contributed by atoms with Crippen molar-refractivity contribution in [3.05, 3.63) is 70.5 Å². The molecule has 0 heterocycles. The lowest BCUT2D eigenvalue weighted by atomic mass is 9.62. The molecule has 1 aliphatic rings. The molecule has 1 unspecified atom stereocenters. The van der Waals surface area contributed by atoms with Gasteiger partial charge in [0.25, 0.3) is 5.91 Å². The summed E-state index contributed by atoms with van der Waals surface area (Å²) >= 11 is 0. The maximum Gasteiger partial charge on any atom is 0.253 e. The van der Waals surface area contributed by atoms with E-state index in [1.165, 1.54) is 35.4 Å². The Hall–Kier alpha value is -2.20.